The molecule has 0 spiro atoms. The first-order valence-electron chi connectivity index (χ1n) is 7.55. The minimum absolute atomic E-state index is 0.448. The zero-order valence-corrected chi connectivity index (χ0v) is 13.5. The van der Waals surface area contributed by atoms with Crippen LogP contribution in [0, 0.1) is 5.92 Å². The van der Waals surface area contributed by atoms with Crippen molar-refractivity contribution in [3.05, 3.63) is 57.8 Å². The Hall–Kier alpha value is -1.12. The number of aryl methyl sites for hydroxylation is 1. The predicted molar refractivity (Wildman–Crippen MR) is 89.2 cm³/mol. The highest BCUT2D eigenvalue weighted by Crippen LogP contribution is 2.23. The maximum absolute atomic E-state index is 3.73. The van der Waals surface area contributed by atoms with Gasteiger partial charge >= 0.3 is 0 Å². The van der Waals surface area contributed by atoms with Crippen molar-refractivity contribution in [1.82, 2.24) is 5.32 Å². The topological polar surface area (TPSA) is 12.0 Å². The summed E-state index contributed by atoms with van der Waals surface area (Å²) in [6, 6.07) is 15.8. The molecule has 0 radical (unpaired) electrons. The molecule has 108 valence electrons. The molecule has 20 heavy (non-hydrogen) atoms. The van der Waals surface area contributed by atoms with Crippen LogP contribution < -0.4 is 5.32 Å². The molecule has 0 saturated carbocycles. The van der Waals surface area contributed by atoms with Gasteiger partial charge in [0, 0.05) is 22.3 Å². The van der Waals surface area contributed by atoms with E-state index in [0.717, 1.165) is 13.0 Å². The van der Waals surface area contributed by atoms with Crippen molar-refractivity contribution in [2.45, 2.75) is 46.2 Å². The molecule has 1 heterocycles. The Morgan fingerprint density at radius 1 is 1.00 bits per heavy atom. The zero-order chi connectivity index (χ0) is 14.4. The fraction of sp³-hybridized carbons (Fsp3) is 0.444. The lowest BCUT2D eigenvalue weighted by Crippen LogP contribution is -2.22. The van der Waals surface area contributed by atoms with E-state index in [2.05, 4.69) is 68.6 Å². The molecule has 0 aliphatic carbocycles. The van der Waals surface area contributed by atoms with Crippen LogP contribution in [0.3, 0.4) is 0 Å². The summed E-state index contributed by atoms with van der Waals surface area (Å²) in [4.78, 5) is 2.91. The van der Waals surface area contributed by atoms with Crippen molar-refractivity contribution >= 4 is 11.3 Å². The SMILES string of the molecule is CCc1ccc(CNC(CC(C)C)c2ccccc2)s1. The lowest BCUT2D eigenvalue weighted by molar-refractivity contribution is 0.430. The third-order valence-corrected chi connectivity index (χ3v) is 4.73. The van der Waals surface area contributed by atoms with E-state index in [1.807, 2.05) is 11.3 Å². The Bertz CT molecular complexity index is 501. The van der Waals surface area contributed by atoms with Gasteiger partial charge in [-0.05, 0) is 36.5 Å². The molecule has 0 bridgehead atoms. The highest BCUT2D eigenvalue weighted by Gasteiger charge is 2.13. The van der Waals surface area contributed by atoms with Crippen LogP contribution in [-0.2, 0) is 13.0 Å². The molecular formula is C18H25NS. The standard InChI is InChI=1S/C18H25NS/c1-4-16-10-11-17(20-16)13-19-18(12-14(2)3)15-8-6-5-7-9-15/h5-11,14,18-19H,4,12-13H2,1-3H3. The van der Waals surface area contributed by atoms with Crippen molar-refractivity contribution in [2.24, 2.45) is 5.92 Å². The molecule has 0 aliphatic heterocycles. The zero-order valence-electron chi connectivity index (χ0n) is 12.7. The molecule has 2 rings (SSSR count). The molecule has 0 aliphatic rings. The average Bonchev–Trinajstić information content (AvgIpc) is 2.92. The Labute approximate surface area is 127 Å². The summed E-state index contributed by atoms with van der Waals surface area (Å²) < 4.78 is 0. The largest absolute Gasteiger partial charge is 0.305 e. The summed E-state index contributed by atoms with van der Waals surface area (Å²) in [6.45, 7) is 7.77. The van der Waals surface area contributed by atoms with Gasteiger partial charge in [-0.1, -0.05) is 51.1 Å². The van der Waals surface area contributed by atoms with Crippen LogP contribution in [0.25, 0.3) is 0 Å². The van der Waals surface area contributed by atoms with Gasteiger partial charge in [-0.3, -0.25) is 0 Å². The van der Waals surface area contributed by atoms with Crippen LogP contribution in [0.1, 0.15) is 48.6 Å². The second-order valence-electron chi connectivity index (χ2n) is 5.70. The fourth-order valence-corrected chi connectivity index (χ4v) is 3.33. The van der Waals surface area contributed by atoms with Crippen molar-refractivity contribution < 1.29 is 0 Å². The monoisotopic (exact) mass is 287 g/mol. The number of nitrogens with one attached hydrogen (secondary N) is 1. The van der Waals surface area contributed by atoms with Gasteiger partial charge in [0.1, 0.15) is 0 Å². The normalized spacial score (nSPS) is 12.8. The molecule has 1 nitrogen and oxygen atoms in total. The molecule has 2 aromatic rings. The van der Waals surface area contributed by atoms with E-state index in [1.165, 1.54) is 21.7 Å². The molecule has 0 fully saturated rings. The summed E-state index contributed by atoms with van der Waals surface area (Å²) in [5.41, 5.74) is 1.40. The highest BCUT2D eigenvalue weighted by atomic mass is 32.1. The molecule has 0 amide bonds. The van der Waals surface area contributed by atoms with Crippen molar-refractivity contribution in [1.29, 1.82) is 0 Å². The van der Waals surface area contributed by atoms with Gasteiger partial charge in [0.25, 0.3) is 0 Å². The number of rotatable bonds is 7. The summed E-state index contributed by atoms with van der Waals surface area (Å²) in [7, 11) is 0. The average molecular weight is 287 g/mol. The van der Waals surface area contributed by atoms with Gasteiger partial charge in [0.05, 0.1) is 0 Å². The fourth-order valence-electron chi connectivity index (χ4n) is 2.43. The van der Waals surface area contributed by atoms with Gasteiger partial charge in [0.2, 0.25) is 0 Å². The second-order valence-corrected chi connectivity index (χ2v) is 6.95. The second kappa shape index (κ2) is 7.61. The molecule has 1 atom stereocenters. The Kier molecular flexibility index (Phi) is 5.81. The van der Waals surface area contributed by atoms with Gasteiger partial charge in [-0.15, -0.1) is 11.3 Å². The lowest BCUT2D eigenvalue weighted by atomic mass is 9.97. The van der Waals surface area contributed by atoms with E-state index in [1.54, 1.807) is 0 Å². The Balaban J connectivity index is 2.01. The molecular weight excluding hydrogens is 262 g/mol. The van der Waals surface area contributed by atoms with E-state index in [9.17, 15) is 0 Å². The van der Waals surface area contributed by atoms with E-state index in [4.69, 9.17) is 0 Å². The maximum Gasteiger partial charge on any atom is 0.0326 e. The minimum atomic E-state index is 0.448. The minimum Gasteiger partial charge on any atom is -0.305 e. The van der Waals surface area contributed by atoms with Crippen LogP contribution >= 0.6 is 11.3 Å². The molecule has 2 heteroatoms. The van der Waals surface area contributed by atoms with Gasteiger partial charge in [0.15, 0.2) is 0 Å². The number of hydrogen-bond acceptors (Lipinski definition) is 2. The predicted octanol–water partition coefficient (Wildman–Crippen LogP) is 5.19. The lowest BCUT2D eigenvalue weighted by Gasteiger charge is -2.21. The summed E-state index contributed by atoms with van der Waals surface area (Å²) in [5, 5.41) is 3.73. The maximum atomic E-state index is 3.73. The summed E-state index contributed by atoms with van der Waals surface area (Å²) >= 11 is 1.93. The number of benzene rings is 1. The molecule has 0 saturated heterocycles. The van der Waals surface area contributed by atoms with E-state index >= 15 is 0 Å². The molecule has 1 aromatic heterocycles. The van der Waals surface area contributed by atoms with Crippen LogP contribution in [0.4, 0.5) is 0 Å². The summed E-state index contributed by atoms with van der Waals surface area (Å²) in [5.74, 6) is 0.697. The van der Waals surface area contributed by atoms with Crippen LogP contribution in [0.5, 0.6) is 0 Å². The third-order valence-electron chi connectivity index (χ3n) is 3.50. The van der Waals surface area contributed by atoms with Gasteiger partial charge in [-0.2, -0.15) is 0 Å². The smallest absolute Gasteiger partial charge is 0.0326 e. The first-order valence-corrected chi connectivity index (χ1v) is 8.36. The van der Waals surface area contributed by atoms with Crippen molar-refractivity contribution in [2.75, 3.05) is 0 Å². The van der Waals surface area contributed by atoms with Crippen LogP contribution in [-0.4, -0.2) is 0 Å². The number of thiophene rings is 1. The van der Waals surface area contributed by atoms with Crippen LogP contribution in [0.15, 0.2) is 42.5 Å². The van der Waals surface area contributed by atoms with Crippen LogP contribution in [0.2, 0.25) is 0 Å². The third kappa shape index (κ3) is 4.46. The van der Waals surface area contributed by atoms with Crippen molar-refractivity contribution in [3.63, 3.8) is 0 Å². The van der Waals surface area contributed by atoms with Crippen molar-refractivity contribution in [3.8, 4) is 0 Å². The highest BCUT2D eigenvalue weighted by molar-refractivity contribution is 7.11. The molecule has 1 unspecified atom stereocenters. The van der Waals surface area contributed by atoms with Gasteiger partial charge < -0.3 is 5.32 Å². The molecule has 1 N–H and O–H groups in total. The quantitative estimate of drug-likeness (QED) is 0.739. The Morgan fingerprint density at radius 3 is 2.30 bits per heavy atom. The first-order chi connectivity index (χ1) is 9.69. The first kappa shape index (κ1) is 15.3. The Morgan fingerprint density at radius 2 is 1.70 bits per heavy atom. The van der Waals surface area contributed by atoms with E-state index in [0.29, 0.717) is 12.0 Å². The van der Waals surface area contributed by atoms with Gasteiger partial charge in [-0.25, -0.2) is 0 Å². The summed E-state index contributed by atoms with van der Waals surface area (Å²) in [6.07, 6.45) is 2.31. The van der Waals surface area contributed by atoms with E-state index in [-0.39, 0.29) is 0 Å². The molecule has 1 aromatic carbocycles. The van der Waals surface area contributed by atoms with E-state index < -0.39 is 0 Å². The number of hydrogen-bond donors (Lipinski definition) is 1.